The van der Waals surface area contributed by atoms with Gasteiger partial charge in [0, 0.05) is 12.6 Å². The summed E-state index contributed by atoms with van der Waals surface area (Å²) in [6.45, 7) is 6.97. The normalized spacial score (nSPS) is 21.4. The van der Waals surface area contributed by atoms with Gasteiger partial charge in [0.1, 0.15) is 0 Å². The molecule has 1 aliphatic rings. The van der Waals surface area contributed by atoms with Crippen molar-refractivity contribution in [2.24, 2.45) is 5.92 Å². The van der Waals surface area contributed by atoms with Crippen molar-refractivity contribution in [2.45, 2.75) is 25.8 Å². The summed E-state index contributed by atoms with van der Waals surface area (Å²) in [7, 11) is 4.27. The topological polar surface area (TPSA) is 27.3 Å². The van der Waals surface area contributed by atoms with Crippen molar-refractivity contribution >= 4 is 0 Å². The Hall–Kier alpha value is -0.120. The number of hydrogen-bond donors (Lipinski definition) is 2. The highest BCUT2D eigenvalue weighted by atomic mass is 15.1. The molecule has 3 nitrogen and oxygen atoms in total. The number of nitrogens with one attached hydrogen (secondary N) is 2. The molecule has 0 saturated carbocycles. The SMILES string of the molecule is CC(CNCC1CCNCC1)N(C)C. The van der Waals surface area contributed by atoms with Crippen LogP contribution in [0.4, 0.5) is 0 Å². The lowest BCUT2D eigenvalue weighted by Gasteiger charge is -2.25. The zero-order chi connectivity index (χ0) is 10.4. The molecule has 3 heteroatoms. The molecule has 2 N–H and O–H groups in total. The molecule has 1 fully saturated rings. The van der Waals surface area contributed by atoms with Crippen molar-refractivity contribution in [1.29, 1.82) is 0 Å². The first kappa shape index (κ1) is 12.0. The van der Waals surface area contributed by atoms with E-state index in [1.807, 2.05) is 0 Å². The minimum atomic E-state index is 0.636. The fraction of sp³-hybridized carbons (Fsp3) is 1.00. The molecule has 1 unspecified atom stereocenters. The van der Waals surface area contributed by atoms with Crippen molar-refractivity contribution in [3.63, 3.8) is 0 Å². The second-order valence-electron chi connectivity index (χ2n) is 4.66. The Morgan fingerprint density at radius 2 is 2.00 bits per heavy atom. The molecule has 0 spiro atoms. The molecule has 0 aromatic carbocycles. The van der Waals surface area contributed by atoms with E-state index in [-0.39, 0.29) is 0 Å². The van der Waals surface area contributed by atoms with E-state index in [0.29, 0.717) is 6.04 Å². The van der Waals surface area contributed by atoms with E-state index in [2.05, 4.69) is 36.6 Å². The third-order valence-corrected chi connectivity index (χ3v) is 3.21. The first-order chi connectivity index (χ1) is 6.70. The summed E-state index contributed by atoms with van der Waals surface area (Å²) in [5.41, 5.74) is 0. The molecule has 0 amide bonds. The van der Waals surface area contributed by atoms with E-state index in [0.717, 1.165) is 12.5 Å². The van der Waals surface area contributed by atoms with Gasteiger partial charge in [-0.2, -0.15) is 0 Å². The van der Waals surface area contributed by atoms with Crippen LogP contribution >= 0.6 is 0 Å². The van der Waals surface area contributed by atoms with Gasteiger partial charge >= 0.3 is 0 Å². The van der Waals surface area contributed by atoms with E-state index in [9.17, 15) is 0 Å². The smallest absolute Gasteiger partial charge is 0.0186 e. The quantitative estimate of drug-likeness (QED) is 0.676. The van der Waals surface area contributed by atoms with Crippen molar-refractivity contribution in [3.8, 4) is 0 Å². The Bertz CT molecular complexity index is 141. The molecule has 0 radical (unpaired) electrons. The summed E-state index contributed by atoms with van der Waals surface area (Å²) in [4.78, 5) is 2.26. The van der Waals surface area contributed by atoms with Crippen LogP contribution in [0.5, 0.6) is 0 Å². The molecular formula is C11H25N3. The fourth-order valence-corrected chi connectivity index (χ4v) is 1.76. The van der Waals surface area contributed by atoms with E-state index in [4.69, 9.17) is 0 Å². The van der Waals surface area contributed by atoms with Gasteiger partial charge < -0.3 is 15.5 Å². The standard InChI is InChI=1S/C11H25N3/c1-10(14(2)3)8-13-9-11-4-6-12-7-5-11/h10-13H,4-9H2,1-3H3. The molecule has 84 valence electrons. The lowest BCUT2D eigenvalue weighted by Crippen LogP contribution is -2.39. The monoisotopic (exact) mass is 199 g/mol. The summed E-state index contributed by atoms with van der Waals surface area (Å²) in [6.07, 6.45) is 2.67. The number of likely N-dealkylation sites (N-methyl/N-ethyl adjacent to an activating group) is 1. The van der Waals surface area contributed by atoms with Crippen molar-refractivity contribution in [3.05, 3.63) is 0 Å². The molecular weight excluding hydrogens is 174 g/mol. The zero-order valence-corrected chi connectivity index (χ0v) is 9.84. The zero-order valence-electron chi connectivity index (χ0n) is 9.84. The van der Waals surface area contributed by atoms with Gasteiger partial charge in [0.15, 0.2) is 0 Å². The van der Waals surface area contributed by atoms with Gasteiger partial charge in [-0.3, -0.25) is 0 Å². The average molecular weight is 199 g/mol. The maximum Gasteiger partial charge on any atom is 0.0186 e. The number of hydrogen-bond acceptors (Lipinski definition) is 3. The van der Waals surface area contributed by atoms with E-state index < -0.39 is 0 Å². The maximum atomic E-state index is 3.57. The highest BCUT2D eigenvalue weighted by Gasteiger charge is 2.12. The first-order valence-corrected chi connectivity index (χ1v) is 5.78. The third-order valence-electron chi connectivity index (χ3n) is 3.21. The summed E-state index contributed by atoms with van der Waals surface area (Å²) in [6, 6.07) is 0.636. The fourth-order valence-electron chi connectivity index (χ4n) is 1.76. The average Bonchev–Trinajstić information content (AvgIpc) is 2.19. The predicted octanol–water partition coefficient (Wildman–Crippen LogP) is 0.526. The van der Waals surface area contributed by atoms with Gasteiger partial charge in [-0.15, -0.1) is 0 Å². The van der Waals surface area contributed by atoms with Crippen molar-refractivity contribution in [2.75, 3.05) is 40.3 Å². The van der Waals surface area contributed by atoms with Gasteiger partial charge in [0.05, 0.1) is 0 Å². The first-order valence-electron chi connectivity index (χ1n) is 5.78. The van der Waals surface area contributed by atoms with Crippen LogP contribution in [0, 0.1) is 5.92 Å². The van der Waals surface area contributed by atoms with E-state index in [1.165, 1.54) is 32.5 Å². The molecule has 1 atom stereocenters. The lowest BCUT2D eigenvalue weighted by molar-refractivity contribution is 0.287. The molecule has 1 rings (SSSR count). The molecule has 0 bridgehead atoms. The largest absolute Gasteiger partial charge is 0.317 e. The van der Waals surface area contributed by atoms with Crippen LogP contribution in [0.3, 0.4) is 0 Å². The van der Waals surface area contributed by atoms with Gasteiger partial charge in [0.25, 0.3) is 0 Å². The van der Waals surface area contributed by atoms with Crippen LogP contribution in [0.25, 0.3) is 0 Å². The summed E-state index contributed by atoms with van der Waals surface area (Å²) >= 11 is 0. The van der Waals surface area contributed by atoms with Crippen LogP contribution < -0.4 is 10.6 Å². The second kappa shape index (κ2) is 6.38. The molecule has 0 aromatic heterocycles. The van der Waals surface area contributed by atoms with E-state index in [1.54, 1.807) is 0 Å². The number of nitrogens with zero attached hydrogens (tertiary/aromatic N) is 1. The van der Waals surface area contributed by atoms with Crippen LogP contribution in [0.15, 0.2) is 0 Å². The summed E-state index contributed by atoms with van der Waals surface area (Å²) in [5.74, 6) is 0.894. The van der Waals surface area contributed by atoms with Crippen LogP contribution in [-0.4, -0.2) is 51.2 Å². The van der Waals surface area contributed by atoms with Gasteiger partial charge in [-0.05, 0) is 59.4 Å². The van der Waals surface area contributed by atoms with E-state index >= 15 is 0 Å². The van der Waals surface area contributed by atoms with Crippen molar-refractivity contribution < 1.29 is 0 Å². The Kier molecular flexibility index (Phi) is 5.45. The Labute approximate surface area is 88.2 Å². The predicted molar refractivity (Wildman–Crippen MR) is 61.6 cm³/mol. The lowest BCUT2D eigenvalue weighted by atomic mass is 9.98. The number of piperidine rings is 1. The highest BCUT2D eigenvalue weighted by Crippen LogP contribution is 2.09. The molecule has 14 heavy (non-hydrogen) atoms. The Balaban J connectivity index is 2.02. The second-order valence-corrected chi connectivity index (χ2v) is 4.66. The highest BCUT2D eigenvalue weighted by molar-refractivity contribution is 4.72. The van der Waals surface area contributed by atoms with Crippen LogP contribution in [0.2, 0.25) is 0 Å². The minimum Gasteiger partial charge on any atom is -0.317 e. The summed E-state index contributed by atoms with van der Waals surface area (Å²) < 4.78 is 0. The minimum absolute atomic E-state index is 0.636. The molecule has 0 aliphatic carbocycles. The summed E-state index contributed by atoms with van der Waals surface area (Å²) in [5, 5.41) is 6.96. The van der Waals surface area contributed by atoms with Crippen LogP contribution in [0.1, 0.15) is 19.8 Å². The Morgan fingerprint density at radius 1 is 1.36 bits per heavy atom. The molecule has 1 aliphatic heterocycles. The third kappa shape index (κ3) is 4.40. The van der Waals surface area contributed by atoms with Gasteiger partial charge in [-0.1, -0.05) is 0 Å². The molecule has 0 aromatic rings. The Morgan fingerprint density at radius 3 is 2.57 bits per heavy atom. The maximum absolute atomic E-state index is 3.57. The van der Waals surface area contributed by atoms with Crippen LogP contribution in [-0.2, 0) is 0 Å². The molecule has 1 heterocycles. The van der Waals surface area contributed by atoms with Crippen molar-refractivity contribution in [1.82, 2.24) is 15.5 Å². The molecule has 1 saturated heterocycles. The van der Waals surface area contributed by atoms with Gasteiger partial charge in [0.2, 0.25) is 0 Å². The number of rotatable bonds is 5. The van der Waals surface area contributed by atoms with Gasteiger partial charge in [-0.25, -0.2) is 0 Å².